The van der Waals surface area contributed by atoms with E-state index in [1.807, 2.05) is 0 Å². The van der Waals surface area contributed by atoms with Gasteiger partial charge in [0.2, 0.25) is 0 Å². The van der Waals surface area contributed by atoms with Crippen molar-refractivity contribution in [3.63, 3.8) is 0 Å². The summed E-state index contributed by atoms with van der Waals surface area (Å²) in [4.78, 5) is 0. The smallest absolute Gasteiger partial charge is 0 e. The second-order valence-electron chi connectivity index (χ2n) is 0.745. The van der Waals surface area contributed by atoms with Crippen LogP contribution in [0.15, 0.2) is 0 Å². The Kier molecular flexibility index (Phi) is 2.32. The Bertz CT molecular complexity index is 276. The normalized spacial score (nSPS) is 8.57. The van der Waals surface area contributed by atoms with Crippen molar-refractivity contribution in [2.75, 3.05) is 0 Å². The van der Waals surface area contributed by atoms with Gasteiger partial charge in [-0.2, -0.15) is 0 Å². The van der Waals surface area contributed by atoms with Crippen LogP contribution in [0.2, 0.25) is 0 Å². The van der Waals surface area contributed by atoms with Crippen molar-refractivity contribution >= 4 is 0 Å². The quantitative estimate of drug-likeness (QED) is 0.499. The molecule has 5 nitrogen and oxygen atoms in total. The van der Waals surface area contributed by atoms with Gasteiger partial charge in [0.05, 0.1) is 0 Å². The molecule has 7 heteroatoms. The first-order valence-corrected chi connectivity index (χ1v) is 3.76. The van der Waals surface area contributed by atoms with E-state index in [2.05, 4.69) is 0 Å². The van der Waals surface area contributed by atoms with Crippen LogP contribution in [0.3, 0.4) is 0 Å². The first kappa shape index (κ1) is 10.2. The summed E-state index contributed by atoms with van der Waals surface area (Å²) in [5.41, 5.74) is 0. The largest absolute Gasteiger partial charge is 0 e. The average molecular weight is 182 g/mol. The third-order valence-electron chi connectivity index (χ3n) is 0. The summed E-state index contributed by atoms with van der Waals surface area (Å²) in [7, 11) is 0. The van der Waals surface area contributed by atoms with Gasteiger partial charge in [0.25, 0.3) is 0 Å². The van der Waals surface area contributed by atoms with E-state index in [4.69, 9.17) is 18.4 Å². The van der Waals surface area contributed by atoms with Gasteiger partial charge in [-0.25, -0.2) is 0 Å². The maximum Gasteiger partial charge on any atom is 0 e. The van der Waals surface area contributed by atoms with Crippen LogP contribution in [0.25, 0.3) is 0 Å². The third-order valence-corrected chi connectivity index (χ3v) is 0. The molecule has 0 saturated carbocycles. The predicted molar refractivity (Wildman–Crippen MR) is 3.43 cm³/mol. The fourth-order valence-corrected chi connectivity index (χ4v) is 0. The van der Waals surface area contributed by atoms with Crippen LogP contribution in [0.4, 0.5) is 0 Å². The molecule has 0 aromatic carbocycles. The Morgan fingerprint density at radius 1 is 0.714 bits per heavy atom. The van der Waals surface area contributed by atoms with Crippen LogP contribution in [-0.2, 0) is 49.5 Å². The zero-order chi connectivity index (χ0) is 5.45. The van der Waals surface area contributed by atoms with E-state index in [9.17, 15) is 0 Å². The van der Waals surface area contributed by atoms with Crippen LogP contribution < -0.4 is 0 Å². The van der Waals surface area contributed by atoms with Gasteiger partial charge < -0.3 is 0 Å². The maximum atomic E-state index is 8.64. The van der Waals surface area contributed by atoms with Crippen LogP contribution in [0.5, 0.6) is 0 Å². The van der Waals surface area contributed by atoms with Gasteiger partial charge >= 0.3 is 31.0 Å². The SMILES string of the molecule is [O]=[V](=[O])(=[O])(=[O])=[O].[V]. The van der Waals surface area contributed by atoms with Crippen molar-refractivity contribution < 1.29 is 49.5 Å². The Labute approximate surface area is 49.8 Å². The predicted octanol–water partition coefficient (Wildman–Crippen LogP) is -0.599. The molecule has 0 atom stereocenters. The molecule has 0 aliphatic rings. The van der Waals surface area contributed by atoms with Gasteiger partial charge in [0, 0.05) is 18.6 Å². The zero-order valence-electron chi connectivity index (χ0n) is 2.94. The van der Waals surface area contributed by atoms with E-state index in [-0.39, 0.29) is 18.6 Å². The van der Waals surface area contributed by atoms with E-state index in [0.29, 0.717) is 0 Å². The molecule has 0 fully saturated rings. The van der Waals surface area contributed by atoms with E-state index < -0.39 is 12.6 Å². The first-order valence-electron chi connectivity index (χ1n) is 0.913. The molecule has 0 aliphatic heterocycles. The second kappa shape index (κ2) is 1.59. The molecule has 0 saturated heterocycles. The van der Waals surface area contributed by atoms with Crippen molar-refractivity contribution in [3.8, 4) is 0 Å². The minimum Gasteiger partial charge on any atom is 0 e. The minimum absolute atomic E-state index is 0. The van der Waals surface area contributed by atoms with Crippen molar-refractivity contribution in [2.45, 2.75) is 0 Å². The molecule has 40 valence electrons. The first-order chi connectivity index (χ1) is 2.24. The Morgan fingerprint density at radius 3 is 0.714 bits per heavy atom. The van der Waals surface area contributed by atoms with Crippen molar-refractivity contribution in [3.05, 3.63) is 0 Å². The summed E-state index contributed by atoms with van der Waals surface area (Å²) >= 11 is -7.74. The van der Waals surface area contributed by atoms with Crippen molar-refractivity contribution in [1.29, 1.82) is 0 Å². The molecule has 7 heavy (non-hydrogen) atoms. The van der Waals surface area contributed by atoms with E-state index >= 15 is 0 Å². The second-order valence-corrected chi connectivity index (χ2v) is 3.07. The van der Waals surface area contributed by atoms with Crippen LogP contribution >= 0.6 is 0 Å². The van der Waals surface area contributed by atoms with Gasteiger partial charge in [-0.15, -0.1) is 0 Å². The van der Waals surface area contributed by atoms with Crippen LogP contribution in [0.1, 0.15) is 0 Å². The van der Waals surface area contributed by atoms with Gasteiger partial charge in [0.1, 0.15) is 0 Å². The van der Waals surface area contributed by atoms with E-state index in [1.54, 1.807) is 0 Å². The van der Waals surface area contributed by atoms with Gasteiger partial charge in [-0.3, -0.25) is 0 Å². The maximum absolute atomic E-state index is 8.64. The van der Waals surface area contributed by atoms with Crippen molar-refractivity contribution in [2.24, 2.45) is 0 Å². The standard InChI is InChI=1S/5O.2V. The number of hydrogen-bond acceptors (Lipinski definition) is 5. The fraction of sp³-hybridized carbons (Fsp3) is 0. The van der Waals surface area contributed by atoms with E-state index in [0.717, 1.165) is 0 Å². The molecule has 0 heterocycles. The van der Waals surface area contributed by atoms with Gasteiger partial charge in [-0.05, 0) is 0 Å². The minimum atomic E-state index is -7.74. The molecule has 0 aromatic heterocycles. The molecule has 0 amide bonds. The molecule has 0 aliphatic carbocycles. The van der Waals surface area contributed by atoms with Crippen LogP contribution in [-0.4, -0.2) is 0 Å². The van der Waals surface area contributed by atoms with Gasteiger partial charge in [-0.1, -0.05) is 0 Å². The topological polar surface area (TPSA) is 85.3 Å². The average Bonchev–Trinajstić information content (AvgIpc) is 0.650. The monoisotopic (exact) mass is 182 g/mol. The molecule has 1 radical (unpaired) electrons. The number of hydrogen-bond donors (Lipinski definition) is 0. The summed E-state index contributed by atoms with van der Waals surface area (Å²) in [5.74, 6) is 0. The molecule has 0 rings (SSSR count). The Balaban J connectivity index is 0. The number of rotatable bonds is 0. The fourth-order valence-electron chi connectivity index (χ4n) is 0. The molecular weight excluding hydrogens is 182 g/mol. The summed E-state index contributed by atoms with van der Waals surface area (Å²) < 4.78 is 43.2. The molecule has 0 unspecified atom stereocenters. The summed E-state index contributed by atoms with van der Waals surface area (Å²) in [5, 5.41) is 0. The third kappa shape index (κ3) is 3760. The molecule has 0 spiro atoms. The van der Waals surface area contributed by atoms with Crippen molar-refractivity contribution in [1.82, 2.24) is 0 Å². The van der Waals surface area contributed by atoms with Gasteiger partial charge in [0.15, 0.2) is 0 Å². The molecular formula is O5V2. The summed E-state index contributed by atoms with van der Waals surface area (Å²) in [6, 6.07) is 0. The molecule has 0 N–H and O–H groups in total. The molecule has 0 aromatic rings. The zero-order valence-corrected chi connectivity index (χ0v) is 5.73. The van der Waals surface area contributed by atoms with E-state index in [1.165, 1.54) is 0 Å². The summed E-state index contributed by atoms with van der Waals surface area (Å²) in [6.45, 7) is 0. The Hall–Kier alpha value is 0.169. The van der Waals surface area contributed by atoms with Crippen LogP contribution in [0, 0.1) is 0 Å². The summed E-state index contributed by atoms with van der Waals surface area (Å²) in [6.07, 6.45) is 0. The molecule has 0 bridgehead atoms. The Morgan fingerprint density at radius 2 is 0.714 bits per heavy atom.